The Morgan fingerprint density at radius 3 is 1.58 bits per heavy atom. The molecule has 2 nitrogen and oxygen atoms in total. The number of rotatable bonds is 6. The lowest BCUT2D eigenvalue weighted by atomic mass is 10.8. The maximum atomic E-state index is 2.40. The third kappa shape index (κ3) is 5.94. The summed E-state index contributed by atoms with van der Waals surface area (Å²) >= 11 is 0. The summed E-state index contributed by atoms with van der Waals surface area (Å²) in [5, 5.41) is 0.833. The van der Waals surface area contributed by atoms with Crippen LogP contribution in [0.15, 0.2) is 0 Å². The fraction of sp³-hybridized carbons (Fsp3) is 1.00. The van der Waals surface area contributed by atoms with Gasteiger partial charge in [0.2, 0.25) is 0 Å². The zero-order chi connectivity index (χ0) is 9.56. The molecule has 0 atom stereocenters. The molecule has 0 spiro atoms. The van der Waals surface area contributed by atoms with E-state index in [2.05, 4.69) is 44.0 Å². The van der Waals surface area contributed by atoms with Crippen LogP contribution in [-0.2, 0) is 0 Å². The Labute approximate surface area is 82.1 Å². The molecule has 0 aromatic rings. The first kappa shape index (κ1) is 12.4. The number of hydrogen-bond donors (Lipinski definition) is 0. The molecule has 0 fully saturated rings. The Bertz CT molecular complexity index is 99.2. The lowest BCUT2D eigenvalue weighted by Gasteiger charge is -2.21. The lowest BCUT2D eigenvalue weighted by molar-refractivity contribution is 0.546. The Balaban J connectivity index is 3.51. The third-order valence-corrected chi connectivity index (χ3v) is 4.84. The van der Waals surface area contributed by atoms with Crippen LogP contribution in [0.5, 0.6) is 0 Å². The molecule has 0 bridgehead atoms. The summed E-state index contributed by atoms with van der Waals surface area (Å²) in [4.78, 5) is 0. The molecule has 0 amide bonds. The molecule has 0 saturated carbocycles. The Kier molecular flexibility index (Phi) is 7.03. The molecule has 0 N–H and O–H groups in total. The van der Waals surface area contributed by atoms with Crippen LogP contribution in [0.4, 0.5) is 0 Å². The van der Waals surface area contributed by atoms with E-state index in [1.807, 2.05) is 0 Å². The van der Waals surface area contributed by atoms with Gasteiger partial charge in [0.25, 0.3) is 0 Å². The molecule has 0 aromatic heterocycles. The molecule has 12 heavy (non-hydrogen) atoms. The minimum atomic E-state index is 0.833. The fourth-order valence-electron chi connectivity index (χ4n) is 0.873. The van der Waals surface area contributed by atoms with E-state index >= 15 is 0 Å². The van der Waals surface area contributed by atoms with Gasteiger partial charge in [-0.2, -0.15) is 0 Å². The van der Waals surface area contributed by atoms with Crippen molar-refractivity contribution in [3.8, 4) is 0 Å². The molecule has 0 unspecified atom stereocenters. The molecule has 0 heterocycles. The highest BCUT2D eigenvalue weighted by atomic mass is 28.3. The van der Waals surface area contributed by atoms with Crippen LogP contribution in [0.1, 0.15) is 20.8 Å². The smallest absolute Gasteiger partial charge is 0.142 e. The largest absolute Gasteiger partial charge is 0.328 e. The summed E-state index contributed by atoms with van der Waals surface area (Å²) in [6.45, 7) is 9.11. The van der Waals surface area contributed by atoms with Gasteiger partial charge < -0.3 is 9.13 Å². The zero-order valence-electron chi connectivity index (χ0n) is 8.89. The quantitative estimate of drug-likeness (QED) is 0.588. The van der Waals surface area contributed by atoms with E-state index in [-0.39, 0.29) is 0 Å². The molecule has 4 heteroatoms. The van der Waals surface area contributed by atoms with Gasteiger partial charge in [0.05, 0.1) is 0 Å². The van der Waals surface area contributed by atoms with E-state index in [9.17, 15) is 0 Å². The average molecular weight is 200 g/mol. The maximum Gasteiger partial charge on any atom is 0.142 e. The van der Waals surface area contributed by atoms with Crippen molar-refractivity contribution in [2.75, 3.05) is 27.2 Å². The van der Waals surface area contributed by atoms with Crippen LogP contribution in [-0.4, -0.2) is 55.7 Å². The van der Waals surface area contributed by atoms with Gasteiger partial charge in [0, 0.05) is 0 Å². The minimum Gasteiger partial charge on any atom is -0.328 e. The van der Waals surface area contributed by atoms with E-state index in [1.165, 1.54) is 13.1 Å². The summed E-state index contributed by atoms with van der Waals surface area (Å²) in [5.41, 5.74) is 0. The van der Waals surface area contributed by atoms with Gasteiger partial charge in [-0.1, -0.05) is 20.8 Å². The van der Waals surface area contributed by atoms with Crippen LogP contribution < -0.4 is 0 Å². The molecule has 0 aromatic carbocycles. The summed E-state index contributed by atoms with van der Waals surface area (Å²) in [6.07, 6.45) is 0. The highest BCUT2D eigenvalue weighted by Gasteiger charge is 2.10. The van der Waals surface area contributed by atoms with Gasteiger partial charge in [-0.3, -0.25) is 0 Å². The predicted octanol–water partition coefficient (Wildman–Crippen LogP) is 0.894. The third-order valence-electron chi connectivity index (χ3n) is 1.78. The van der Waals surface area contributed by atoms with Crippen LogP contribution in [0.25, 0.3) is 0 Å². The van der Waals surface area contributed by atoms with Crippen molar-refractivity contribution in [2.45, 2.75) is 25.9 Å². The molecule has 0 saturated heterocycles. The first-order valence-corrected chi connectivity index (χ1v) is 6.59. The van der Waals surface area contributed by atoms with E-state index in [0.29, 0.717) is 0 Å². The number of hydrogen-bond acceptors (Lipinski definition) is 2. The molecule has 70 valence electrons. The van der Waals surface area contributed by atoms with Crippen molar-refractivity contribution in [2.24, 2.45) is 0 Å². The second-order valence-electron chi connectivity index (χ2n) is 3.01. The average Bonchev–Trinajstić information content (AvgIpc) is 2.03. The fourth-order valence-corrected chi connectivity index (χ4v) is 4.11. The van der Waals surface area contributed by atoms with E-state index in [4.69, 9.17) is 0 Å². The van der Waals surface area contributed by atoms with Crippen LogP contribution in [0.2, 0.25) is 5.16 Å². The first-order valence-electron chi connectivity index (χ1n) is 4.54. The normalized spacial score (nSPS) is 12.0. The summed E-state index contributed by atoms with van der Waals surface area (Å²) in [7, 11) is 6.36. The van der Waals surface area contributed by atoms with Gasteiger partial charge in [-0.25, -0.2) is 0 Å². The molecule has 0 aliphatic rings. The summed E-state index contributed by atoms with van der Waals surface area (Å²) in [5.74, 6) is 0. The predicted molar refractivity (Wildman–Crippen MR) is 57.5 cm³/mol. The first-order chi connectivity index (χ1) is 5.60. The molecular weight excluding hydrogens is 180 g/mol. The van der Waals surface area contributed by atoms with Crippen LogP contribution in [0, 0.1) is 0 Å². The van der Waals surface area contributed by atoms with Gasteiger partial charge in [0.15, 0.2) is 0 Å². The van der Waals surface area contributed by atoms with Crippen LogP contribution in [0.3, 0.4) is 0 Å². The highest BCUT2D eigenvalue weighted by Crippen LogP contribution is 2.01. The lowest BCUT2D eigenvalue weighted by Crippen LogP contribution is -2.34. The zero-order valence-corrected chi connectivity index (χ0v) is 10.9. The van der Waals surface area contributed by atoms with Gasteiger partial charge >= 0.3 is 0 Å². The Hall–Kier alpha value is 0.354. The van der Waals surface area contributed by atoms with Crippen LogP contribution >= 0.6 is 0 Å². The topological polar surface area (TPSA) is 6.48 Å². The van der Waals surface area contributed by atoms with Gasteiger partial charge in [-0.05, 0) is 32.3 Å². The van der Waals surface area contributed by atoms with Gasteiger partial charge in [0.1, 0.15) is 19.4 Å². The highest BCUT2D eigenvalue weighted by molar-refractivity contribution is 6.55. The molecular formula is C8H20N2Si2. The minimum absolute atomic E-state index is 0.833. The molecule has 0 aliphatic carbocycles. The second kappa shape index (κ2) is 6.83. The monoisotopic (exact) mass is 200 g/mol. The van der Waals surface area contributed by atoms with Crippen molar-refractivity contribution < 1.29 is 0 Å². The summed E-state index contributed by atoms with van der Waals surface area (Å²) in [6, 6.07) is 0. The van der Waals surface area contributed by atoms with Gasteiger partial charge in [-0.15, -0.1) is 0 Å². The maximum absolute atomic E-state index is 2.40. The van der Waals surface area contributed by atoms with Crippen molar-refractivity contribution in [3.05, 3.63) is 0 Å². The SMILES string of the molecule is CCN(C)[Si]C(C)[Si]N(C)CC. The second-order valence-corrected chi connectivity index (χ2v) is 7.36. The summed E-state index contributed by atoms with van der Waals surface area (Å²) < 4.78 is 4.81. The van der Waals surface area contributed by atoms with Crippen molar-refractivity contribution in [1.82, 2.24) is 9.13 Å². The Morgan fingerprint density at radius 2 is 1.33 bits per heavy atom. The molecule has 0 aliphatic heterocycles. The number of nitrogens with zero attached hydrogens (tertiary/aromatic N) is 2. The van der Waals surface area contributed by atoms with Crippen molar-refractivity contribution in [1.29, 1.82) is 0 Å². The van der Waals surface area contributed by atoms with E-state index in [1.54, 1.807) is 0 Å². The standard InChI is InChI=1S/C8H20N2Si2/c1-6-9(4)11-8(3)12-10(5)7-2/h8H,6-7H2,1-5H3. The van der Waals surface area contributed by atoms with Crippen molar-refractivity contribution >= 4 is 19.4 Å². The van der Waals surface area contributed by atoms with Crippen molar-refractivity contribution in [3.63, 3.8) is 0 Å². The molecule has 4 radical (unpaired) electrons. The van der Waals surface area contributed by atoms with E-state index < -0.39 is 0 Å². The van der Waals surface area contributed by atoms with E-state index in [0.717, 1.165) is 24.5 Å². The Morgan fingerprint density at radius 1 is 1.00 bits per heavy atom. The molecule has 0 rings (SSSR count).